The number of ether oxygens (including phenoxy) is 1. The fourth-order valence-electron chi connectivity index (χ4n) is 0.950. The van der Waals surface area contributed by atoms with E-state index in [0.717, 1.165) is 7.11 Å². The number of rotatable bonds is 3. The summed E-state index contributed by atoms with van der Waals surface area (Å²) in [5, 5.41) is 10.5. The van der Waals surface area contributed by atoms with Gasteiger partial charge in [0.2, 0.25) is 5.69 Å². The van der Waals surface area contributed by atoms with Crippen molar-refractivity contribution in [3.63, 3.8) is 0 Å². The monoisotopic (exact) mass is 199 g/mol. The number of nitrogens with one attached hydrogen (secondary N) is 1. The van der Waals surface area contributed by atoms with Crippen molar-refractivity contribution in [2.24, 2.45) is 0 Å². The number of hydrogen-bond donors (Lipinski definition) is 1. The maximum Gasteiger partial charge on any atom is 0.365 e. The number of carbonyl (C=O) groups is 1. The van der Waals surface area contributed by atoms with Crippen LogP contribution in [-0.4, -0.2) is 28.0 Å². The molecule has 1 aromatic rings. The van der Waals surface area contributed by atoms with Crippen LogP contribution in [0.4, 0.5) is 5.82 Å². The Bertz CT molecular complexity index is 371. The Labute approximate surface area is 79.2 Å². The molecule has 14 heavy (non-hydrogen) atoms. The van der Waals surface area contributed by atoms with Gasteiger partial charge in [0.25, 0.3) is 0 Å². The minimum atomic E-state index is -0.812. The van der Waals surface area contributed by atoms with Crippen LogP contribution >= 0.6 is 0 Å². The molecule has 76 valence electrons. The van der Waals surface area contributed by atoms with Crippen LogP contribution in [0.3, 0.4) is 0 Å². The molecule has 0 spiro atoms. The molecule has 0 radical (unpaired) electrons. The maximum atomic E-state index is 11.1. The molecule has 1 heterocycles. The average molecular weight is 199 g/mol. The van der Waals surface area contributed by atoms with Crippen LogP contribution < -0.4 is 0 Å². The lowest BCUT2D eigenvalue weighted by atomic mass is 10.4. The first kappa shape index (κ1) is 10.2. The largest absolute Gasteiger partial charge is 0.464 e. The number of nitro groups is 1. The van der Waals surface area contributed by atoms with E-state index in [4.69, 9.17) is 0 Å². The van der Waals surface area contributed by atoms with Crippen molar-refractivity contribution >= 4 is 11.8 Å². The van der Waals surface area contributed by atoms with Crippen LogP contribution in [-0.2, 0) is 11.2 Å². The molecule has 0 unspecified atom stereocenters. The van der Waals surface area contributed by atoms with Crippen LogP contribution in [0.15, 0.2) is 0 Å². The maximum absolute atomic E-state index is 11.1. The molecule has 1 aromatic heterocycles. The van der Waals surface area contributed by atoms with Gasteiger partial charge in [-0.05, 0) is 4.92 Å². The van der Waals surface area contributed by atoms with Crippen molar-refractivity contribution in [2.75, 3.05) is 7.11 Å². The number of imidazole rings is 1. The average Bonchev–Trinajstić information content (AvgIpc) is 2.60. The summed E-state index contributed by atoms with van der Waals surface area (Å²) in [5.41, 5.74) is -0.283. The Hall–Kier alpha value is -1.92. The third kappa shape index (κ3) is 1.70. The molecule has 0 fully saturated rings. The SMILES string of the molecule is CCc1nc(C(=O)OC)c([N+](=O)[O-])[nH]1. The van der Waals surface area contributed by atoms with Gasteiger partial charge in [0, 0.05) is 6.42 Å². The van der Waals surface area contributed by atoms with Crippen molar-refractivity contribution in [1.82, 2.24) is 9.97 Å². The number of hydrogen-bond acceptors (Lipinski definition) is 5. The summed E-state index contributed by atoms with van der Waals surface area (Å²) in [6.45, 7) is 1.77. The van der Waals surface area contributed by atoms with E-state index in [9.17, 15) is 14.9 Å². The van der Waals surface area contributed by atoms with Gasteiger partial charge in [0.05, 0.1) is 7.11 Å². The number of aryl methyl sites for hydroxylation is 1. The van der Waals surface area contributed by atoms with E-state index in [1.165, 1.54) is 0 Å². The van der Waals surface area contributed by atoms with E-state index in [-0.39, 0.29) is 5.69 Å². The first-order valence-electron chi connectivity index (χ1n) is 3.91. The van der Waals surface area contributed by atoms with Crippen molar-refractivity contribution in [2.45, 2.75) is 13.3 Å². The molecule has 0 amide bonds. The molecule has 0 atom stereocenters. The van der Waals surface area contributed by atoms with E-state index < -0.39 is 16.7 Å². The second-order valence-corrected chi connectivity index (χ2v) is 2.48. The third-order valence-electron chi connectivity index (χ3n) is 1.63. The number of methoxy groups -OCH3 is 1. The molecule has 0 saturated heterocycles. The zero-order valence-corrected chi connectivity index (χ0v) is 7.73. The van der Waals surface area contributed by atoms with Gasteiger partial charge in [-0.1, -0.05) is 6.92 Å². The molecular weight excluding hydrogens is 190 g/mol. The fraction of sp³-hybridized carbons (Fsp3) is 0.429. The van der Waals surface area contributed by atoms with Crippen molar-refractivity contribution in [3.8, 4) is 0 Å². The van der Waals surface area contributed by atoms with Gasteiger partial charge < -0.3 is 14.9 Å². The molecule has 0 bridgehead atoms. The van der Waals surface area contributed by atoms with Crippen LogP contribution in [0.25, 0.3) is 0 Å². The van der Waals surface area contributed by atoms with E-state index >= 15 is 0 Å². The number of aromatic amines is 1. The topological polar surface area (TPSA) is 98.1 Å². The van der Waals surface area contributed by atoms with Gasteiger partial charge in [-0.2, -0.15) is 4.98 Å². The van der Waals surface area contributed by atoms with E-state index in [1.807, 2.05) is 0 Å². The quantitative estimate of drug-likeness (QED) is 0.438. The predicted octanol–water partition coefficient (Wildman–Crippen LogP) is 0.667. The zero-order valence-electron chi connectivity index (χ0n) is 7.73. The first-order valence-corrected chi connectivity index (χ1v) is 3.91. The highest BCUT2D eigenvalue weighted by Crippen LogP contribution is 2.16. The lowest BCUT2D eigenvalue weighted by molar-refractivity contribution is -0.389. The third-order valence-corrected chi connectivity index (χ3v) is 1.63. The Morgan fingerprint density at radius 3 is 2.79 bits per heavy atom. The summed E-state index contributed by atoms with van der Waals surface area (Å²) in [7, 11) is 1.15. The van der Waals surface area contributed by atoms with Crippen LogP contribution in [0.5, 0.6) is 0 Å². The number of nitrogens with zero attached hydrogens (tertiary/aromatic N) is 2. The van der Waals surface area contributed by atoms with E-state index in [1.54, 1.807) is 6.92 Å². The van der Waals surface area contributed by atoms with Crippen molar-refractivity contribution in [3.05, 3.63) is 21.6 Å². The van der Waals surface area contributed by atoms with Crippen molar-refractivity contribution < 1.29 is 14.5 Å². The smallest absolute Gasteiger partial charge is 0.365 e. The molecule has 7 nitrogen and oxygen atoms in total. The Kier molecular flexibility index (Phi) is 2.80. The standard InChI is InChI=1S/C7H9N3O4/c1-3-4-8-5(7(11)14-2)6(9-4)10(12)13/h3H2,1-2H3,(H,8,9). The van der Waals surface area contributed by atoms with Gasteiger partial charge in [-0.3, -0.25) is 0 Å². The Morgan fingerprint density at radius 1 is 1.71 bits per heavy atom. The normalized spacial score (nSPS) is 9.86. The lowest BCUT2D eigenvalue weighted by Gasteiger charge is -1.93. The molecule has 0 aliphatic carbocycles. The summed E-state index contributed by atoms with van der Waals surface area (Å²) in [4.78, 5) is 27.0. The Balaban J connectivity index is 3.18. The number of aromatic nitrogens is 2. The van der Waals surface area contributed by atoms with Gasteiger partial charge in [-0.25, -0.2) is 9.78 Å². The van der Waals surface area contributed by atoms with Crippen LogP contribution in [0.1, 0.15) is 23.2 Å². The Morgan fingerprint density at radius 2 is 2.36 bits per heavy atom. The summed E-state index contributed by atoms with van der Waals surface area (Å²) in [6.07, 6.45) is 0.484. The first-order chi connectivity index (χ1) is 6.60. The molecule has 1 rings (SSSR count). The molecule has 0 aromatic carbocycles. The molecule has 0 saturated carbocycles. The molecular formula is C7H9N3O4. The summed E-state index contributed by atoms with van der Waals surface area (Å²) < 4.78 is 4.36. The van der Waals surface area contributed by atoms with E-state index in [2.05, 4.69) is 14.7 Å². The minimum Gasteiger partial charge on any atom is -0.464 e. The highest BCUT2D eigenvalue weighted by Gasteiger charge is 2.25. The number of carbonyl (C=O) groups excluding carboxylic acids is 1. The minimum absolute atomic E-state index is 0.283. The summed E-state index contributed by atoms with van der Waals surface area (Å²) in [5.74, 6) is -0.849. The second kappa shape index (κ2) is 3.86. The lowest BCUT2D eigenvalue weighted by Crippen LogP contribution is -2.05. The molecule has 0 aliphatic rings. The number of H-pyrrole nitrogens is 1. The molecule has 0 aliphatic heterocycles. The summed E-state index contributed by atoms with van der Waals surface area (Å²) >= 11 is 0. The zero-order chi connectivity index (χ0) is 10.7. The van der Waals surface area contributed by atoms with E-state index in [0.29, 0.717) is 12.2 Å². The summed E-state index contributed by atoms with van der Waals surface area (Å²) in [6, 6.07) is 0. The number of esters is 1. The van der Waals surface area contributed by atoms with Gasteiger partial charge in [0.15, 0.2) is 5.82 Å². The highest BCUT2D eigenvalue weighted by molar-refractivity contribution is 5.90. The van der Waals surface area contributed by atoms with Gasteiger partial charge in [-0.15, -0.1) is 0 Å². The second-order valence-electron chi connectivity index (χ2n) is 2.48. The van der Waals surface area contributed by atoms with Gasteiger partial charge >= 0.3 is 11.8 Å². The van der Waals surface area contributed by atoms with Crippen molar-refractivity contribution in [1.29, 1.82) is 0 Å². The highest BCUT2D eigenvalue weighted by atomic mass is 16.6. The molecule has 7 heteroatoms. The fourth-order valence-corrected chi connectivity index (χ4v) is 0.950. The predicted molar refractivity (Wildman–Crippen MR) is 46.0 cm³/mol. The van der Waals surface area contributed by atoms with Crippen LogP contribution in [0.2, 0.25) is 0 Å². The van der Waals surface area contributed by atoms with Gasteiger partial charge in [0.1, 0.15) is 0 Å². The molecule has 1 N–H and O–H groups in total. The van der Waals surface area contributed by atoms with Crippen LogP contribution in [0, 0.1) is 10.1 Å².